The number of rotatable bonds is 43. The molecule has 0 fully saturated rings. The molecule has 0 heterocycles. The van der Waals surface area contributed by atoms with Crippen LogP contribution in [0.15, 0.2) is 36.5 Å². The van der Waals surface area contributed by atoms with Crippen molar-refractivity contribution in [2.75, 3.05) is 13.2 Å². The van der Waals surface area contributed by atoms with Crippen molar-refractivity contribution < 1.29 is 24.5 Å². The molecule has 0 aliphatic carbocycles. The molecule has 0 bridgehead atoms. The molecule has 0 saturated carbocycles. The summed E-state index contributed by atoms with van der Waals surface area (Å²) in [6.45, 7) is 4.78. The third-order valence-corrected chi connectivity index (χ3v) is 10.7. The van der Waals surface area contributed by atoms with Crippen molar-refractivity contribution in [3.63, 3.8) is 0 Å². The highest BCUT2D eigenvalue weighted by Gasteiger charge is 2.18. The normalized spacial score (nSPS) is 13.0. The van der Waals surface area contributed by atoms with Crippen LogP contribution in [0.2, 0.25) is 0 Å². The van der Waals surface area contributed by atoms with Gasteiger partial charge in [0.15, 0.2) is 0 Å². The van der Waals surface area contributed by atoms with Crippen LogP contribution in [-0.4, -0.2) is 47.4 Å². The van der Waals surface area contributed by atoms with Crippen LogP contribution in [0.4, 0.5) is 0 Å². The maximum Gasteiger partial charge on any atom is 0.305 e. The summed E-state index contributed by atoms with van der Waals surface area (Å²) in [6.07, 6.45) is 52.8. The molecule has 0 spiro atoms. The summed E-state index contributed by atoms with van der Waals surface area (Å²) in [5.41, 5.74) is 0. The zero-order valence-corrected chi connectivity index (χ0v) is 36.4. The van der Waals surface area contributed by atoms with Crippen molar-refractivity contribution in [2.24, 2.45) is 0 Å². The van der Waals surface area contributed by atoms with E-state index in [-0.39, 0.29) is 18.5 Å². The monoisotopic (exact) mass is 774 g/mol. The number of amides is 1. The van der Waals surface area contributed by atoms with Gasteiger partial charge in [0.25, 0.3) is 0 Å². The largest absolute Gasteiger partial charge is 0.466 e. The van der Waals surface area contributed by atoms with Gasteiger partial charge in [-0.1, -0.05) is 198 Å². The van der Waals surface area contributed by atoms with E-state index in [2.05, 4.69) is 43.5 Å². The number of allylic oxidation sites excluding steroid dienone is 5. The third kappa shape index (κ3) is 41.5. The fraction of sp³-hybridized carbons (Fsp3) is 0.837. The number of carbonyl (C=O) groups excluding carboxylic acids is 2. The highest BCUT2D eigenvalue weighted by molar-refractivity contribution is 5.76. The molecular formula is C49H91NO5. The molecule has 0 aromatic rings. The van der Waals surface area contributed by atoms with Gasteiger partial charge in [-0.3, -0.25) is 9.59 Å². The maximum absolute atomic E-state index is 12.3. The van der Waals surface area contributed by atoms with Gasteiger partial charge in [0.2, 0.25) is 5.91 Å². The second-order valence-corrected chi connectivity index (χ2v) is 16.1. The van der Waals surface area contributed by atoms with Gasteiger partial charge in [0.1, 0.15) is 0 Å². The molecule has 6 nitrogen and oxygen atoms in total. The fourth-order valence-corrected chi connectivity index (χ4v) is 6.95. The number of hydrogen-bond donors (Lipinski definition) is 3. The fourth-order valence-electron chi connectivity index (χ4n) is 6.95. The number of hydrogen-bond acceptors (Lipinski definition) is 5. The lowest BCUT2D eigenvalue weighted by molar-refractivity contribution is -0.143. The number of aliphatic hydroxyl groups excluding tert-OH is 2. The van der Waals surface area contributed by atoms with E-state index in [1.807, 2.05) is 6.08 Å². The molecule has 0 radical (unpaired) electrons. The highest BCUT2D eigenvalue weighted by atomic mass is 16.5. The van der Waals surface area contributed by atoms with Crippen molar-refractivity contribution in [1.29, 1.82) is 0 Å². The van der Waals surface area contributed by atoms with Crippen LogP contribution < -0.4 is 5.32 Å². The van der Waals surface area contributed by atoms with E-state index in [0.29, 0.717) is 19.4 Å². The molecule has 6 heteroatoms. The molecule has 0 aliphatic heterocycles. The van der Waals surface area contributed by atoms with Crippen molar-refractivity contribution >= 4 is 11.9 Å². The Hall–Kier alpha value is -1.92. The van der Waals surface area contributed by atoms with E-state index in [1.165, 1.54) is 148 Å². The van der Waals surface area contributed by atoms with Crippen LogP contribution >= 0.6 is 0 Å². The van der Waals surface area contributed by atoms with E-state index in [9.17, 15) is 19.8 Å². The molecule has 2 unspecified atom stereocenters. The van der Waals surface area contributed by atoms with Gasteiger partial charge < -0.3 is 20.3 Å². The summed E-state index contributed by atoms with van der Waals surface area (Å²) in [5.74, 6) is -0.121. The predicted octanol–water partition coefficient (Wildman–Crippen LogP) is 13.7. The number of unbranched alkanes of at least 4 members (excludes halogenated alkanes) is 28. The zero-order valence-electron chi connectivity index (χ0n) is 36.4. The lowest BCUT2D eigenvalue weighted by atomic mass is 10.1. The maximum atomic E-state index is 12.3. The van der Waals surface area contributed by atoms with Crippen molar-refractivity contribution in [2.45, 2.75) is 251 Å². The van der Waals surface area contributed by atoms with Crippen molar-refractivity contribution in [1.82, 2.24) is 5.32 Å². The summed E-state index contributed by atoms with van der Waals surface area (Å²) in [6, 6.07) is -0.643. The van der Waals surface area contributed by atoms with E-state index in [1.54, 1.807) is 6.08 Å². The minimum Gasteiger partial charge on any atom is -0.466 e. The van der Waals surface area contributed by atoms with Crippen LogP contribution in [0, 0.1) is 0 Å². The van der Waals surface area contributed by atoms with Crippen LogP contribution in [0.5, 0.6) is 0 Å². The first-order valence-electron chi connectivity index (χ1n) is 23.8. The van der Waals surface area contributed by atoms with Gasteiger partial charge in [-0.25, -0.2) is 0 Å². The van der Waals surface area contributed by atoms with Gasteiger partial charge in [0, 0.05) is 12.8 Å². The Kier molecular flexibility index (Phi) is 43.2. The van der Waals surface area contributed by atoms with E-state index < -0.39 is 12.1 Å². The Morgan fingerprint density at radius 3 is 1.42 bits per heavy atom. The summed E-state index contributed by atoms with van der Waals surface area (Å²) in [4.78, 5) is 24.4. The SMILES string of the molecule is CCCCC/C=C\C/C=C\CCCCCCCCCCCC(=O)OCCCCCCCCCCCCC(=O)NC(CO)C(O)/C=C/CCCCCCCCC. The Labute approximate surface area is 341 Å². The van der Waals surface area contributed by atoms with Gasteiger partial charge >= 0.3 is 5.97 Å². The average Bonchev–Trinajstić information content (AvgIpc) is 3.18. The highest BCUT2D eigenvalue weighted by Crippen LogP contribution is 2.14. The summed E-state index contributed by atoms with van der Waals surface area (Å²) >= 11 is 0. The predicted molar refractivity (Wildman–Crippen MR) is 236 cm³/mol. The Morgan fingerprint density at radius 2 is 0.909 bits per heavy atom. The molecule has 0 aliphatic rings. The molecule has 0 saturated heterocycles. The summed E-state index contributed by atoms with van der Waals surface area (Å²) in [7, 11) is 0. The number of aliphatic hydroxyl groups is 2. The van der Waals surface area contributed by atoms with Gasteiger partial charge in [-0.15, -0.1) is 0 Å². The first-order valence-corrected chi connectivity index (χ1v) is 23.8. The summed E-state index contributed by atoms with van der Waals surface area (Å²) < 4.78 is 5.45. The Balaban J connectivity index is 3.47. The first-order chi connectivity index (χ1) is 27.0. The summed E-state index contributed by atoms with van der Waals surface area (Å²) in [5, 5.41) is 22.8. The number of nitrogens with one attached hydrogen (secondary N) is 1. The number of ether oxygens (including phenoxy) is 1. The minimum absolute atomic E-state index is 0.0261. The molecule has 0 rings (SSSR count). The molecule has 0 aromatic carbocycles. The van der Waals surface area contributed by atoms with Gasteiger partial charge in [-0.2, -0.15) is 0 Å². The Bertz CT molecular complexity index is 900. The topological polar surface area (TPSA) is 95.9 Å². The molecule has 55 heavy (non-hydrogen) atoms. The smallest absolute Gasteiger partial charge is 0.305 e. The second-order valence-electron chi connectivity index (χ2n) is 16.1. The molecule has 3 N–H and O–H groups in total. The van der Waals surface area contributed by atoms with Crippen LogP contribution in [0.25, 0.3) is 0 Å². The van der Waals surface area contributed by atoms with Gasteiger partial charge in [0.05, 0.1) is 25.4 Å². The van der Waals surface area contributed by atoms with E-state index in [4.69, 9.17) is 4.74 Å². The van der Waals surface area contributed by atoms with Crippen molar-refractivity contribution in [3.8, 4) is 0 Å². The lowest BCUT2D eigenvalue weighted by Crippen LogP contribution is -2.45. The van der Waals surface area contributed by atoms with Crippen LogP contribution in [0.1, 0.15) is 239 Å². The molecule has 0 aromatic heterocycles. The quantitative estimate of drug-likeness (QED) is 0.0326. The molecular weight excluding hydrogens is 683 g/mol. The van der Waals surface area contributed by atoms with E-state index >= 15 is 0 Å². The average molecular weight is 774 g/mol. The first kappa shape index (κ1) is 53.1. The zero-order chi connectivity index (χ0) is 40.1. The molecule has 1 amide bonds. The lowest BCUT2D eigenvalue weighted by Gasteiger charge is -2.20. The van der Waals surface area contributed by atoms with E-state index in [0.717, 1.165) is 64.2 Å². The minimum atomic E-state index is -0.857. The van der Waals surface area contributed by atoms with Crippen molar-refractivity contribution in [3.05, 3.63) is 36.5 Å². The van der Waals surface area contributed by atoms with Crippen LogP contribution in [0.3, 0.4) is 0 Å². The number of esters is 1. The number of carbonyl (C=O) groups is 2. The van der Waals surface area contributed by atoms with Gasteiger partial charge in [-0.05, 0) is 64.2 Å². The van der Waals surface area contributed by atoms with Crippen LogP contribution in [-0.2, 0) is 14.3 Å². The Morgan fingerprint density at radius 1 is 0.509 bits per heavy atom. The molecule has 322 valence electrons. The standard InChI is InChI=1S/C49H91NO5/c1-3-5-7-9-11-13-14-15-16-17-18-19-20-21-22-27-31-35-39-43-49(54)55-44-40-36-32-28-24-23-26-30-34-38-42-48(53)50-46(45-51)47(52)41-37-33-29-25-12-10-8-6-4-2/h11,13,15-16,37,41,46-47,51-52H,3-10,12,14,17-36,38-40,42-45H2,1-2H3,(H,50,53)/b13-11-,16-15-,41-37+. The second kappa shape index (κ2) is 44.8. The molecule has 2 atom stereocenters. The third-order valence-electron chi connectivity index (χ3n) is 10.7.